The van der Waals surface area contributed by atoms with Crippen molar-refractivity contribution in [1.82, 2.24) is 10.3 Å². The number of rotatable bonds is 4. The molecule has 0 radical (unpaired) electrons. The second-order valence-corrected chi connectivity index (χ2v) is 7.08. The van der Waals surface area contributed by atoms with Crippen molar-refractivity contribution < 1.29 is 9.55 Å². The molecular weight excluding hydrogens is 322 g/mol. The van der Waals surface area contributed by atoms with Crippen LogP contribution in [0.3, 0.4) is 0 Å². The molecule has 1 saturated carbocycles. The lowest BCUT2D eigenvalue weighted by atomic mass is 9.94. The van der Waals surface area contributed by atoms with Gasteiger partial charge in [0.1, 0.15) is 5.69 Å². The minimum Gasteiger partial charge on any atom is -0.370 e. The first-order valence-electron chi connectivity index (χ1n) is 9.08. The minimum absolute atomic E-state index is 0.0129. The summed E-state index contributed by atoms with van der Waals surface area (Å²) in [6, 6.07) is 2.35. The summed E-state index contributed by atoms with van der Waals surface area (Å²) in [6.07, 6.45) is 8.12. The lowest BCUT2D eigenvalue weighted by molar-refractivity contribution is -0.382. The summed E-state index contributed by atoms with van der Waals surface area (Å²) in [5, 5.41) is 19.6. The summed E-state index contributed by atoms with van der Waals surface area (Å²) < 4.78 is 4.90. The third-order valence-electron chi connectivity index (χ3n) is 5.60. The normalized spacial score (nSPS) is 18.8. The summed E-state index contributed by atoms with van der Waals surface area (Å²) in [5.41, 5.74) is 2.28. The molecule has 1 aromatic carbocycles. The van der Waals surface area contributed by atoms with Crippen molar-refractivity contribution in [3.05, 3.63) is 16.2 Å². The molecule has 1 aliphatic carbocycles. The van der Waals surface area contributed by atoms with Crippen molar-refractivity contribution in [2.75, 3.05) is 29.9 Å². The Bertz CT molecular complexity index is 778. The van der Waals surface area contributed by atoms with Crippen LogP contribution in [0.2, 0.25) is 0 Å². The molecular formula is C17H23N5O3. The van der Waals surface area contributed by atoms with Crippen LogP contribution in [-0.4, -0.2) is 41.4 Å². The van der Waals surface area contributed by atoms with Gasteiger partial charge in [-0.3, -0.25) is 10.1 Å². The van der Waals surface area contributed by atoms with Gasteiger partial charge in [-0.05, 0) is 42.1 Å². The lowest BCUT2D eigenvalue weighted by Gasteiger charge is -2.33. The van der Waals surface area contributed by atoms with Gasteiger partial charge in [-0.1, -0.05) is 19.3 Å². The van der Waals surface area contributed by atoms with E-state index in [9.17, 15) is 10.1 Å². The van der Waals surface area contributed by atoms with Gasteiger partial charge in [-0.15, -0.1) is 0 Å². The quantitative estimate of drug-likeness (QED) is 0.619. The predicted octanol–water partition coefficient (Wildman–Crippen LogP) is 3.50. The number of hydrogen-bond donors (Lipinski definition) is 0. The van der Waals surface area contributed by atoms with Crippen molar-refractivity contribution in [3.8, 4) is 0 Å². The highest BCUT2D eigenvalue weighted by Crippen LogP contribution is 2.42. The summed E-state index contributed by atoms with van der Waals surface area (Å²) in [4.78, 5) is 15.7. The number of fused-ring (bicyclic) bond motifs is 1. The molecule has 8 heteroatoms. The average Bonchev–Trinajstić information content (AvgIpc) is 3.31. The van der Waals surface area contributed by atoms with Gasteiger partial charge in [0.15, 0.2) is 5.52 Å². The number of nitrogens with zero attached hydrogens (tertiary/aromatic N) is 5. The molecule has 1 aromatic heterocycles. The Morgan fingerprint density at radius 2 is 1.84 bits per heavy atom. The molecule has 0 atom stereocenters. The minimum atomic E-state index is -0.357. The molecule has 4 rings (SSSR count). The number of aromatic nitrogens is 2. The van der Waals surface area contributed by atoms with Crippen LogP contribution in [0.25, 0.3) is 11.0 Å². The third-order valence-corrected chi connectivity index (χ3v) is 5.60. The second kappa shape index (κ2) is 6.50. The molecule has 0 bridgehead atoms. The van der Waals surface area contributed by atoms with Gasteiger partial charge in [-0.2, -0.15) is 0 Å². The average molecular weight is 345 g/mol. The molecule has 0 amide bonds. The molecule has 2 aromatic rings. The molecule has 0 N–H and O–H groups in total. The monoisotopic (exact) mass is 345 g/mol. The van der Waals surface area contributed by atoms with Crippen LogP contribution in [0.15, 0.2) is 10.7 Å². The smallest absolute Gasteiger partial charge is 0.323 e. The van der Waals surface area contributed by atoms with Crippen LogP contribution < -0.4 is 9.80 Å². The number of benzene rings is 1. The van der Waals surface area contributed by atoms with E-state index < -0.39 is 0 Å². The summed E-state index contributed by atoms with van der Waals surface area (Å²) >= 11 is 0. The predicted molar refractivity (Wildman–Crippen MR) is 95.2 cm³/mol. The van der Waals surface area contributed by atoms with E-state index in [-0.39, 0.29) is 16.1 Å². The number of anilines is 2. The Kier molecular flexibility index (Phi) is 4.19. The Balaban J connectivity index is 1.84. The molecule has 134 valence electrons. The van der Waals surface area contributed by atoms with Crippen molar-refractivity contribution in [2.24, 2.45) is 0 Å². The maximum Gasteiger partial charge on any atom is 0.323 e. The summed E-state index contributed by atoms with van der Waals surface area (Å²) in [5.74, 6) is 0. The fraction of sp³-hybridized carbons (Fsp3) is 0.647. The van der Waals surface area contributed by atoms with E-state index in [1.54, 1.807) is 0 Å². The summed E-state index contributed by atoms with van der Waals surface area (Å²) in [6.45, 7) is 1.68. The zero-order chi connectivity index (χ0) is 17.4. The Hall–Kier alpha value is -2.38. The molecule has 0 unspecified atom stereocenters. The molecule has 2 aliphatic rings. The Morgan fingerprint density at radius 3 is 2.52 bits per heavy atom. The summed E-state index contributed by atoms with van der Waals surface area (Å²) in [7, 11) is 2.05. The van der Waals surface area contributed by atoms with Crippen LogP contribution in [-0.2, 0) is 0 Å². The first kappa shape index (κ1) is 16.1. The zero-order valence-corrected chi connectivity index (χ0v) is 14.5. The van der Waals surface area contributed by atoms with Crippen LogP contribution in [0.4, 0.5) is 17.1 Å². The maximum atomic E-state index is 11.7. The first-order chi connectivity index (χ1) is 12.2. The van der Waals surface area contributed by atoms with Crippen molar-refractivity contribution in [3.63, 3.8) is 0 Å². The zero-order valence-electron chi connectivity index (χ0n) is 14.5. The van der Waals surface area contributed by atoms with Crippen LogP contribution in [0, 0.1) is 10.1 Å². The highest BCUT2D eigenvalue weighted by molar-refractivity contribution is 6.00. The molecule has 0 spiro atoms. The van der Waals surface area contributed by atoms with Crippen LogP contribution >= 0.6 is 0 Å². The number of nitro groups is 1. The second-order valence-electron chi connectivity index (χ2n) is 7.08. The van der Waals surface area contributed by atoms with E-state index >= 15 is 0 Å². The van der Waals surface area contributed by atoms with E-state index in [0.717, 1.165) is 44.5 Å². The van der Waals surface area contributed by atoms with E-state index in [1.807, 2.05) is 6.07 Å². The topological polar surface area (TPSA) is 88.5 Å². The third kappa shape index (κ3) is 2.79. The molecule has 1 saturated heterocycles. The molecule has 1 aliphatic heterocycles. The Morgan fingerprint density at radius 1 is 1.16 bits per heavy atom. The van der Waals surface area contributed by atoms with Gasteiger partial charge in [0.25, 0.3) is 0 Å². The van der Waals surface area contributed by atoms with E-state index in [1.165, 1.54) is 19.3 Å². The lowest BCUT2D eigenvalue weighted by Crippen LogP contribution is -2.33. The van der Waals surface area contributed by atoms with E-state index in [0.29, 0.717) is 17.2 Å². The Labute approximate surface area is 145 Å². The molecule has 8 nitrogen and oxygen atoms in total. The molecule has 2 heterocycles. The van der Waals surface area contributed by atoms with Gasteiger partial charge in [0.05, 0.1) is 10.6 Å². The molecule has 25 heavy (non-hydrogen) atoms. The van der Waals surface area contributed by atoms with Crippen molar-refractivity contribution >= 4 is 28.1 Å². The van der Waals surface area contributed by atoms with Crippen molar-refractivity contribution in [1.29, 1.82) is 0 Å². The highest BCUT2D eigenvalue weighted by Gasteiger charge is 2.32. The highest BCUT2D eigenvalue weighted by atomic mass is 16.6. The van der Waals surface area contributed by atoms with Gasteiger partial charge in [0.2, 0.25) is 5.52 Å². The van der Waals surface area contributed by atoms with Crippen molar-refractivity contribution in [2.45, 2.75) is 51.0 Å². The maximum absolute atomic E-state index is 11.7. The number of hydrogen-bond acceptors (Lipinski definition) is 7. The van der Waals surface area contributed by atoms with Crippen LogP contribution in [0.5, 0.6) is 0 Å². The number of nitro benzene ring substituents is 1. The SMILES string of the molecule is CN(c1cc(N2CCCC2)c([N+](=O)[O-])c2nonc12)C1CCCCC1. The van der Waals surface area contributed by atoms with Crippen LogP contribution in [0.1, 0.15) is 44.9 Å². The largest absolute Gasteiger partial charge is 0.370 e. The van der Waals surface area contributed by atoms with Gasteiger partial charge in [0, 0.05) is 26.2 Å². The van der Waals surface area contributed by atoms with E-state index in [2.05, 4.69) is 27.2 Å². The first-order valence-corrected chi connectivity index (χ1v) is 9.08. The fourth-order valence-electron chi connectivity index (χ4n) is 4.21. The molecule has 2 fully saturated rings. The van der Waals surface area contributed by atoms with Gasteiger partial charge >= 0.3 is 5.69 Å². The standard InChI is InChI=1S/C17H23N5O3/c1-20(12-7-3-2-4-8-12)13-11-14(21-9-5-6-10-21)17(22(23)24)16-15(13)18-25-19-16/h11-12H,2-10H2,1H3. The fourth-order valence-corrected chi connectivity index (χ4v) is 4.21. The van der Waals surface area contributed by atoms with E-state index in [4.69, 9.17) is 4.63 Å². The van der Waals surface area contributed by atoms with Gasteiger partial charge in [-0.25, -0.2) is 4.63 Å². The van der Waals surface area contributed by atoms with Gasteiger partial charge < -0.3 is 9.80 Å².